The van der Waals surface area contributed by atoms with Crippen LogP contribution in [0.15, 0.2) is 36.5 Å². The standard InChI is InChI=1S/C25H28N8O2/c1-4-17-13-21(29-24(34)31-25(2)15-35-16-25)28-22-20(17)14-26-23(30-22)27-18-5-7-19(8-6-18)33-11-9-32(3)10-12-33/h1,5-8,13-14H,9-12,15-16H2,2-3H3,(H3,26,27,28,29,30,31,34). The zero-order chi connectivity index (χ0) is 24.4. The van der Waals surface area contributed by atoms with E-state index in [9.17, 15) is 4.79 Å². The third kappa shape index (κ3) is 5.11. The fourth-order valence-corrected chi connectivity index (χ4v) is 4.10. The number of piperazine rings is 1. The van der Waals surface area contributed by atoms with Crippen molar-refractivity contribution in [2.75, 3.05) is 62.0 Å². The molecule has 0 saturated carbocycles. The second-order valence-electron chi connectivity index (χ2n) is 9.23. The fraction of sp³-hybridized carbons (Fsp3) is 0.360. The maximum atomic E-state index is 12.4. The van der Waals surface area contributed by atoms with E-state index >= 15 is 0 Å². The number of amides is 2. The first-order valence-corrected chi connectivity index (χ1v) is 11.5. The predicted molar refractivity (Wildman–Crippen MR) is 136 cm³/mol. The Labute approximate surface area is 204 Å². The lowest BCUT2D eigenvalue weighted by molar-refractivity contribution is -0.0567. The minimum absolute atomic E-state index is 0.313. The molecule has 0 unspecified atom stereocenters. The molecular weight excluding hydrogens is 444 g/mol. The third-order valence-electron chi connectivity index (χ3n) is 6.21. The van der Waals surface area contributed by atoms with Crippen molar-refractivity contribution < 1.29 is 9.53 Å². The second kappa shape index (κ2) is 9.37. The maximum absolute atomic E-state index is 12.4. The zero-order valence-electron chi connectivity index (χ0n) is 19.8. The van der Waals surface area contributed by atoms with Crippen LogP contribution in [-0.2, 0) is 4.74 Å². The first-order chi connectivity index (χ1) is 16.9. The number of nitrogens with zero attached hydrogens (tertiary/aromatic N) is 5. The quantitative estimate of drug-likeness (QED) is 0.486. The number of fused-ring (bicyclic) bond motifs is 1. The Morgan fingerprint density at radius 3 is 2.54 bits per heavy atom. The highest BCUT2D eigenvalue weighted by atomic mass is 16.5. The predicted octanol–water partition coefficient (Wildman–Crippen LogP) is 2.41. The fourth-order valence-electron chi connectivity index (χ4n) is 4.10. The van der Waals surface area contributed by atoms with Crippen molar-refractivity contribution in [2.24, 2.45) is 0 Å². The number of hydrogen-bond donors (Lipinski definition) is 3. The highest BCUT2D eigenvalue weighted by molar-refractivity contribution is 5.92. The number of carbonyl (C=O) groups excluding carboxylic acids is 1. The number of ether oxygens (including phenoxy) is 1. The Kier molecular flexibility index (Phi) is 6.11. The summed E-state index contributed by atoms with van der Waals surface area (Å²) in [7, 11) is 2.15. The molecule has 0 bridgehead atoms. The Bertz CT molecular complexity index is 1280. The van der Waals surface area contributed by atoms with Crippen LogP contribution in [0.1, 0.15) is 12.5 Å². The molecule has 0 spiro atoms. The molecule has 0 radical (unpaired) electrons. The summed E-state index contributed by atoms with van der Waals surface area (Å²) in [6, 6.07) is 9.46. The Balaban J connectivity index is 1.31. The summed E-state index contributed by atoms with van der Waals surface area (Å²) < 4.78 is 5.17. The van der Waals surface area contributed by atoms with Gasteiger partial charge in [0, 0.05) is 49.3 Å². The number of anilines is 4. The zero-order valence-corrected chi connectivity index (χ0v) is 19.8. The van der Waals surface area contributed by atoms with E-state index in [1.54, 1.807) is 12.3 Å². The number of urea groups is 1. The van der Waals surface area contributed by atoms with Crippen molar-refractivity contribution >= 4 is 40.2 Å². The molecule has 2 saturated heterocycles. The van der Waals surface area contributed by atoms with Crippen molar-refractivity contribution in [1.82, 2.24) is 25.2 Å². The number of nitrogens with one attached hydrogen (secondary N) is 3. The highest BCUT2D eigenvalue weighted by Gasteiger charge is 2.34. The van der Waals surface area contributed by atoms with Gasteiger partial charge >= 0.3 is 6.03 Å². The normalized spacial score (nSPS) is 17.3. The number of rotatable bonds is 5. The van der Waals surface area contributed by atoms with E-state index in [-0.39, 0.29) is 11.6 Å². The number of terminal acetylenes is 1. The van der Waals surface area contributed by atoms with Crippen LogP contribution in [0.5, 0.6) is 0 Å². The van der Waals surface area contributed by atoms with Crippen molar-refractivity contribution in [1.29, 1.82) is 0 Å². The van der Waals surface area contributed by atoms with Gasteiger partial charge in [-0.15, -0.1) is 6.42 Å². The number of likely N-dealkylation sites (N-methyl/N-ethyl adjacent to an activating group) is 1. The molecule has 3 N–H and O–H groups in total. The molecule has 180 valence electrons. The molecule has 4 heterocycles. The SMILES string of the molecule is C#Cc1cc(NC(=O)NC2(C)COC2)nc2nc(Nc3ccc(N4CCN(C)CC4)cc3)ncc12. The minimum atomic E-state index is -0.380. The third-order valence-corrected chi connectivity index (χ3v) is 6.21. The van der Waals surface area contributed by atoms with Gasteiger partial charge in [-0.1, -0.05) is 5.92 Å². The van der Waals surface area contributed by atoms with Crippen molar-refractivity contribution in [3.05, 3.63) is 42.1 Å². The van der Waals surface area contributed by atoms with Crippen LogP contribution < -0.4 is 20.9 Å². The molecule has 35 heavy (non-hydrogen) atoms. The minimum Gasteiger partial charge on any atom is -0.376 e. The number of aromatic nitrogens is 3. The van der Waals surface area contributed by atoms with Gasteiger partial charge in [0.2, 0.25) is 5.95 Å². The van der Waals surface area contributed by atoms with Crippen molar-refractivity contribution in [3.63, 3.8) is 0 Å². The van der Waals surface area contributed by atoms with Crippen LogP contribution in [0.2, 0.25) is 0 Å². The summed E-state index contributed by atoms with van der Waals surface area (Å²) >= 11 is 0. The molecule has 0 aliphatic carbocycles. The smallest absolute Gasteiger partial charge is 0.320 e. The summed E-state index contributed by atoms with van der Waals surface area (Å²) in [6.07, 6.45) is 7.33. The highest BCUT2D eigenvalue weighted by Crippen LogP contribution is 2.23. The van der Waals surface area contributed by atoms with Gasteiger partial charge < -0.3 is 25.2 Å². The molecule has 2 aliphatic heterocycles. The molecular formula is C25H28N8O2. The first kappa shape index (κ1) is 22.8. The average Bonchev–Trinajstić information content (AvgIpc) is 2.83. The molecule has 5 rings (SSSR count). The van der Waals surface area contributed by atoms with E-state index in [0.717, 1.165) is 31.9 Å². The van der Waals surface area contributed by atoms with E-state index in [4.69, 9.17) is 11.2 Å². The number of carbonyl (C=O) groups is 1. The van der Waals surface area contributed by atoms with Gasteiger partial charge in [0.1, 0.15) is 5.82 Å². The molecule has 2 amide bonds. The van der Waals surface area contributed by atoms with E-state index in [2.05, 4.69) is 65.8 Å². The molecule has 2 aliphatic rings. The number of benzene rings is 1. The number of pyridine rings is 1. The van der Waals surface area contributed by atoms with Crippen LogP contribution in [0.3, 0.4) is 0 Å². The van der Waals surface area contributed by atoms with E-state index in [1.807, 2.05) is 19.1 Å². The van der Waals surface area contributed by atoms with E-state index < -0.39 is 0 Å². The Morgan fingerprint density at radius 1 is 1.14 bits per heavy atom. The van der Waals surface area contributed by atoms with Gasteiger partial charge in [-0.05, 0) is 44.3 Å². The lowest BCUT2D eigenvalue weighted by atomic mass is 10.0. The van der Waals surface area contributed by atoms with Gasteiger partial charge in [-0.2, -0.15) is 4.98 Å². The second-order valence-corrected chi connectivity index (χ2v) is 9.23. The number of hydrogen-bond acceptors (Lipinski definition) is 8. The summed E-state index contributed by atoms with van der Waals surface area (Å²) in [5.41, 5.74) is 2.62. The average molecular weight is 473 g/mol. The van der Waals surface area contributed by atoms with Crippen LogP contribution >= 0.6 is 0 Å². The molecule has 3 aromatic rings. The molecule has 2 fully saturated rings. The maximum Gasteiger partial charge on any atom is 0.320 e. The van der Waals surface area contributed by atoms with Crippen molar-refractivity contribution in [3.8, 4) is 12.3 Å². The summed E-state index contributed by atoms with van der Waals surface area (Å²) in [4.78, 5) is 30.5. The van der Waals surface area contributed by atoms with Gasteiger partial charge in [-0.3, -0.25) is 5.32 Å². The van der Waals surface area contributed by atoms with Gasteiger partial charge in [0.15, 0.2) is 5.65 Å². The summed E-state index contributed by atoms with van der Waals surface area (Å²) in [6.45, 7) is 7.01. The lowest BCUT2D eigenvalue weighted by Crippen LogP contribution is -2.60. The van der Waals surface area contributed by atoms with Crippen LogP contribution in [-0.4, -0.2) is 77.9 Å². The Morgan fingerprint density at radius 2 is 1.89 bits per heavy atom. The van der Waals surface area contributed by atoms with E-state index in [0.29, 0.717) is 41.6 Å². The molecule has 0 atom stereocenters. The summed E-state index contributed by atoms with van der Waals surface area (Å²) in [5.74, 6) is 3.33. The Hall–Kier alpha value is -3.94. The van der Waals surface area contributed by atoms with Crippen LogP contribution in [0, 0.1) is 12.3 Å². The molecule has 10 heteroatoms. The molecule has 2 aromatic heterocycles. The van der Waals surface area contributed by atoms with Crippen LogP contribution in [0.4, 0.5) is 27.9 Å². The first-order valence-electron chi connectivity index (χ1n) is 11.5. The summed E-state index contributed by atoms with van der Waals surface area (Å²) in [5, 5.41) is 9.48. The van der Waals surface area contributed by atoms with Gasteiger partial charge in [0.05, 0.1) is 24.1 Å². The van der Waals surface area contributed by atoms with E-state index in [1.165, 1.54) is 5.69 Å². The van der Waals surface area contributed by atoms with Gasteiger partial charge in [0.25, 0.3) is 0 Å². The van der Waals surface area contributed by atoms with Gasteiger partial charge in [-0.25, -0.2) is 14.8 Å². The molecule has 10 nitrogen and oxygen atoms in total. The van der Waals surface area contributed by atoms with Crippen molar-refractivity contribution in [2.45, 2.75) is 12.5 Å². The van der Waals surface area contributed by atoms with Crippen LogP contribution in [0.25, 0.3) is 11.0 Å². The monoisotopic (exact) mass is 472 g/mol. The lowest BCUT2D eigenvalue weighted by Gasteiger charge is -2.38. The topological polar surface area (TPSA) is 108 Å². The largest absolute Gasteiger partial charge is 0.376 e. The molecule has 1 aromatic carbocycles.